The average molecular weight is 389 g/mol. The number of benzene rings is 2. The summed E-state index contributed by atoms with van der Waals surface area (Å²) in [7, 11) is 0. The summed E-state index contributed by atoms with van der Waals surface area (Å²) in [6.07, 6.45) is 6.47. The molecule has 2 aliphatic rings. The molecule has 0 bridgehead atoms. The predicted molar refractivity (Wildman–Crippen MR) is 108 cm³/mol. The fourth-order valence-electron chi connectivity index (χ4n) is 4.19. The molecule has 2 N–H and O–H groups in total. The highest BCUT2D eigenvalue weighted by molar-refractivity contribution is 6.30. The molecule has 0 spiro atoms. The molecule has 0 aromatic heterocycles. The van der Waals surface area contributed by atoms with E-state index in [1.54, 1.807) is 12.1 Å². The van der Waals surface area contributed by atoms with Gasteiger partial charge in [-0.05, 0) is 86.4 Å². The summed E-state index contributed by atoms with van der Waals surface area (Å²) in [6, 6.07) is 12.1. The summed E-state index contributed by atoms with van der Waals surface area (Å²) in [5.74, 6) is 1.42. The van der Waals surface area contributed by atoms with Gasteiger partial charge in [-0.25, -0.2) is 4.39 Å². The first-order valence-corrected chi connectivity index (χ1v) is 10.2. The number of ether oxygens (including phenoxy) is 1. The Morgan fingerprint density at radius 2 is 1.96 bits per heavy atom. The van der Waals surface area contributed by atoms with Crippen LogP contribution in [-0.2, 0) is 6.42 Å². The number of hydrogen-bond acceptors (Lipinski definition) is 3. The van der Waals surface area contributed by atoms with Gasteiger partial charge < -0.3 is 15.4 Å². The van der Waals surface area contributed by atoms with E-state index in [0.29, 0.717) is 23.7 Å². The van der Waals surface area contributed by atoms with Crippen molar-refractivity contribution in [3.8, 4) is 5.75 Å². The van der Waals surface area contributed by atoms with E-state index in [1.165, 1.54) is 37.3 Å². The third kappa shape index (κ3) is 4.56. The number of halogens is 2. The van der Waals surface area contributed by atoms with Crippen LogP contribution in [0.15, 0.2) is 36.4 Å². The Morgan fingerprint density at radius 1 is 1.11 bits per heavy atom. The van der Waals surface area contributed by atoms with Crippen LogP contribution in [0.4, 0.5) is 10.1 Å². The van der Waals surface area contributed by atoms with Gasteiger partial charge in [0.05, 0.1) is 5.69 Å². The quantitative estimate of drug-likeness (QED) is 0.642. The summed E-state index contributed by atoms with van der Waals surface area (Å²) < 4.78 is 19.4. The van der Waals surface area contributed by atoms with Crippen molar-refractivity contribution in [2.24, 2.45) is 0 Å². The molecule has 27 heavy (non-hydrogen) atoms. The Balaban J connectivity index is 1.19. The van der Waals surface area contributed by atoms with Gasteiger partial charge >= 0.3 is 0 Å². The lowest BCUT2D eigenvalue weighted by Gasteiger charge is -2.29. The number of aryl methyl sites for hydroxylation is 1. The molecule has 0 unspecified atom stereocenters. The largest absolute Gasteiger partial charge is 0.471 e. The van der Waals surface area contributed by atoms with E-state index in [-0.39, 0.29) is 5.82 Å². The topological polar surface area (TPSA) is 33.3 Å². The zero-order chi connectivity index (χ0) is 18.6. The van der Waals surface area contributed by atoms with Crippen molar-refractivity contribution in [1.29, 1.82) is 0 Å². The fraction of sp³-hybridized carbons (Fsp3) is 0.455. The first-order valence-electron chi connectivity index (χ1n) is 9.87. The Morgan fingerprint density at radius 3 is 2.78 bits per heavy atom. The molecular formula is C22H26ClFN2O. The summed E-state index contributed by atoms with van der Waals surface area (Å²) in [4.78, 5) is 0. The number of fused-ring (bicyclic) bond motifs is 1. The monoisotopic (exact) mass is 388 g/mol. The summed E-state index contributed by atoms with van der Waals surface area (Å²) in [5, 5.41) is 7.33. The second kappa shape index (κ2) is 8.49. The average Bonchev–Trinajstić information content (AvgIpc) is 3.15. The Kier molecular flexibility index (Phi) is 5.84. The van der Waals surface area contributed by atoms with E-state index in [1.807, 2.05) is 0 Å². The van der Waals surface area contributed by atoms with Gasteiger partial charge in [-0.3, -0.25) is 0 Å². The zero-order valence-corrected chi connectivity index (χ0v) is 16.2. The van der Waals surface area contributed by atoms with Crippen LogP contribution in [0.1, 0.15) is 49.1 Å². The molecule has 1 aliphatic heterocycles. The second-order valence-electron chi connectivity index (χ2n) is 7.56. The summed E-state index contributed by atoms with van der Waals surface area (Å²) in [6.45, 7) is 1.51. The standard InChI is InChI=1S/C22H26ClFN2O/c23-18-7-3-16(20(24)13-18)2-1-11-25-19-8-4-15(5-9-19)17-6-10-21-22(12-17)27-14-26-21/h3,6-7,10,12-13,15,19,25-26H,1-2,4-5,8-9,11,14H2. The Bertz CT molecular complexity index is 790. The van der Waals surface area contributed by atoms with Crippen LogP contribution < -0.4 is 15.4 Å². The van der Waals surface area contributed by atoms with Gasteiger partial charge in [0.15, 0.2) is 6.73 Å². The minimum absolute atomic E-state index is 0.198. The van der Waals surface area contributed by atoms with Crippen molar-refractivity contribution in [2.75, 3.05) is 18.6 Å². The third-order valence-electron chi connectivity index (χ3n) is 5.77. The van der Waals surface area contributed by atoms with Gasteiger partial charge in [0.2, 0.25) is 0 Å². The zero-order valence-electron chi connectivity index (χ0n) is 15.4. The second-order valence-corrected chi connectivity index (χ2v) is 8.00. The lowest BCUT2D eigenvalue weighted by molar-refractivity contribution is 0.340. The highest BCUT2D eigenvalue weighted by Gasteiger charge is 2.23. The van der Waals surface area contributed by atoms with Crippen LogP contribution in [0.3, 0.4) is 0 Å². The smallest absolute Gasteiger partial charge is 0.159 e. The highest BCUT2D eigenvalue weighted by Crippen LogP contribution is 2.38. The molecule has 0 radical (unpaired) electrons. The molecule has 1 saturated carbocycles. The summed E-state index contributed by atoms with van der Waals surface area (Å²) >= 11 is 5.80. The first-order chi connectivity index (χ1) is 13.2. The molecule has 2 aromatic carbocycles. The minimum Gasteiger partial charge on any atom is -0.471 e. The van der Waals surface area contributed by atoms with E-state index in [0.717, 1.165) is 36.4 Å². The van der Waals surface area contributed by atoms with Crippen molar-refractivity contribution in [1.82, 2.24) is 5.32 Å². The first kappa shape index (κ1) is 18.6. The molecule has 1 heterocycles. The third-order valence-corrected chi connectivity index (χ3v) is 6.00. The molecule has 0 atom stereocenters. The van der Waals surface area contributed by atoms with E-state index >= 15 is 0 Å². The number of nitrogens with one attached hydrogen (secondary N) is 2. The van der Waals surface area contributed by atoms with Gasteiger partial charge in [0.1, 0.15) is 11.6 Å². The SMILES string of the molecule is Fc1cc(Cl)ccc1CCCNC1CCC(c2ccc3c(c2)OCN3)CC1. The maximum atomic E-state index is 13.8. The molecule has 144 valence electrons. The Labute approximate surface area is 165 Å². The van der Waals surface area contributed by atoms with Gasteiger partial charge in [0.25, 0.3) is 0 Å². The van der Waals surface area contributed by atoms with Gasteiger partial charge in [-0.2, -0.15) is 0 Å². The molecule has 1 aliphatic carbocycles. The normalized spacial score (nSPS) is 21.4. The maximum absolute atomic E-state index is 13.8. The molecule has 0 saturated heterocycles. The lowest BCUT2D eigenvalue weighted by atomic mass is 9.81. The molecule has 3 nitrogen and oxygen atoms in total. The van der Waals surface area contributed by atoms with Crippen molar-refractivity contribution >= 4 is 17.3 Å². The van der Waals surface area contributed by atoms with Crippen molar-refractivity contribution in [3.05, 3.63) is 58.4 Å². The molecule has 5 heteroatoms. The van der Waals surface area contributed by atoms with E-state index in [4.69, 9.17) is 16.3 Å². The molecule has 4 rings (SSSR count). The fourth-order valence-corrected chi connectivity index (χ4v) is 4.35. The molecule has 0 amide bonds. The number of hydrogen-bond donors (Lipinski definition) is 2. The van der Waals surface area contributed by atoms with E-state index < -0.39 is 0 Å². The minimum atomic E-state index is -0.198. The lowest BCUT2D eigenvalue weighted by Crippen LogP contribution is -2.33. The number of rotatable bonds is 6. The van der Waals surface area contributed by atoms with E-state index in [9.17, 15) is 4.39 Å². The van der Waals surface area contributed by atoms with E-state index in [2.05, 4.69) is 28.8 Å². The highest BCUT2D eigenvalue weighted by atomic mass is 35.5. The van der Waals surface area contributed by atoms with Gasteiger partial charge in [-0.1, -0.05) is 23.7 Å². The van der Waals surface area contributed by atoms with Crippen LogP contribution in [0, 0.1) is 5.82 Å². The maximum Gasteiger partial charge on any atom is 0.159 e. The predicted octanol–water partition coefficient (Wildman–Crippen LogP) is 5.49. The van der Waals surface area contributed by atoms with Crippen molar-refractivity contribution < 1.29 is 9.13 Å². The van der Waals surface area contributed by atoms with Gasteiger partial charge in [0, 0.05) is 11.1 Å². The van der Waals surface area contributed by atoms with Crippen LogP contribution in [0.5, 0.6) is 5.75 Å². The molecule has 2 aromatic rings. The Hall–Kier alpha value is -1.78. The molecule has 1 fully saturated rings. The van der Waals surface area contributed by atoms with Crippen LogP contribution in [0.25, 0.3) is 0 Å². The van der Waals surface area contributed by atoms with Crippen LogP contribution in [0.2, 0.25) is 5.02 Å². The van der Waals surface area contributed by atoms with Crippen molar-refractivity contribution in [3.63, 3.8) is 0 Å². The summed E-state index contributed by atoms with van der Waals surface area (Å²) in [5.41, 5.74) is 3.25. The van der Waals surface area contributed by atoms with Gasteiger partial charge in [-0.15, -0.1) is 0 Å². The number of anilines is 1. The van der Waals surface area contributed by atoms with Crippen molar-refractivity contribution in [2.45, 2.75) is 50.5 Å². The van der Waals surface area contributed by atoms with Crippen LogP contribution in [-0.4, -0.2) is 19.3 Å². The molecular weight excluding hydrogens is 363 g/mol. The van der Waals surface area contributed by atoms with Crippen LogP contribution >= 0.6 is 11.6 Å².